The van der Waals surface area contributed by atoms with E-state index in [-0.39, 0.29) is 0 Å². The molecule has 0 saturated heterocycles. The van der Waals surface area contributed by atoms with Gasteiger partial charge in [0.25, 0.3) is 0 Å². The highest BCUT2D eigenvalue weighted by atomic mass is 16.3. The van der Waals surface area contributed by atoms with E-state index in [0.29, 0.717) is 18.5 Å². The molecule has 130 valence electrons. The van der Waals surface area contributed by atoms with Gasteiger partial charge in [0.05, 0.1) is 6.20 Å². The van der Waals surface area contributed by atoms with Crippen molar-refractivity contribution >= 4 is 0 Å². The first-order valence-corrected chi connectivity index (χ1v) is 8.94. The van der Waals surface area contributed by atoms with E-state index in [1.807, 2.05) is 20.2 Å². The summed E-state index contributed by atoms with van der Waals surface area (Å²) in [7, 11) is 1.87. The second-order valence-corrected chi connectivity index (χ2v) is 7.62. The number of benzene rings is 1. The van der Waals surface area contributed by atoms with Gasteiger partial charge >= 0.3 is 0 Å². The van der Waals surface area contributed by atoms with Crippen molar-refractivity contribution in [3.63, 3.8) is 0 Å². The molecule has 1 heterocycles. The first-order chi connectivity index (χ1) is 11.4. The van der Waals surface area contributed by atoms with Gasteiger partial charge in [0.15, 0.2) is 0 Å². The number of aryl methyl sites for hydroxylation is 2. The van der Waals surface area contributed by atoms with Crippen LogP contribution in [0.2, 0.25) is 0 Å². The van der Waals surface area contributed by atoms with Gasteiger partial charge in [-0.3, -0.25) is 4.68 Å². The van der Waals surface area contributed by atoms with Crippen molar-refractivity contribution in [1.29, 1.82) is 0 Å². The highest BCUT2D eigenvalue weighted by molar-refractivity contribution is 5.37. The van der Waals surface area contributed by atoms with E-state index < -0.39 is 5.60 Å². The largest absolute Gasteiger partial charge is 0.384 e. The Morgan fingerprint density at radius 2 is 2.21 bits per heavy atom. The van der Waals surface area contributed by atoms with Crippen LogP contribution in [0.4, 0.5) is 0 Å². The van der Waals surface area contributed by atoms with E-state index in [1.165, 1.54) is 23.1 Å². The van der Waals surface area contributed by atoms with Crippen LogP contribution in [0.25, 0.3) is 0 Å². The van der Waals surface area contributed by atoms with Crippen molar-refractivity contribution in [3.8, 4) is 0 Å². The first kappa shape index (κ1) is 17.2. The highest BCUT2D eigenvalue weighted by Crippen LogP contribution is 2.33. The average molecular weight is 327 g/mol. The zero-order chi connectivity index (χ0) is 17.3. The van der Waals surface area contributed by atoms with Crippen molar-refractivity contribution in [1.82, 2.24) is 15.1 Å². The lowest BCUT2D eigenvalue weighted by atomic mass is 9.84. The van der Waals surface area contributed by atoms with Crippen LogP contribution >= 0.6 is 0 Å². The Balaban J connectivity index is 1.76. The van der Waals surface area contributed by atoms with Crippen LogP contribution in [0, 0.1) is 0 Å². The van der Waals surface area contributed by atoms with Gasteiger partial charge < -0.3 is 10.4 Å². The summed E-state index contributed by atoms with van der Waals surface area (Å²) in [6.07, 6.45) is 7.10. The molecule has 24 heavy (non-hydrogen) atoms. The third-order valence-electron chi connectivity index (χ3n) is 5.17. The van der Waals surface area contributed by atoms with E-state index >= 15 is 0 Å². The number of nitrogens with zero attached hydrogens (tertiary/aromatic N) is 2. The molecule has 1 aliphatic carbocycles. The highest BCUT2D eigenvalue weighted by Gasteiger charge is 2.28. The van der Waals surface area contributed by atoms with E-state index in [4.69, 9.17) is 0 Å². The van der Waals surface area contributed by atoms with Crippen molar-refractivity contribution in [2.75, 3.05) is 6.54 Å². The number of fused-ring (bicyclic) bond motifs is 1. The maximum atomic E-state index is 10.8. The lowest BCUT2D eigenvalue weighted by Crippen LogP contribution is -2.38. The Hall–Kier alpha value is -1.65. The number of rotatable bonds is 5. The molecule has 0 spiro atoms. The molecule has 0 radical (unpaired) electrons. The van der Waals surface area contributed by atoms with Crippen LogP contribution in [0.5, 0.6) is 0 Å². The first-order valence-electron chi connectivity index (χ1n) is 8.94. The molecule has 1 aromatic carbocycles. The van der Waals surface area contributed by atoms with Gasteiger partial charge in [0.2, 0.25) is 0 Å². The summed E-state index contributed by atoms with van der Waals surface area (Å²) in [5, 5.41) is 18.6. The monoisotopic (exact) mass is 327 g/mol. The van der Waals surface area contributed by atoms with Gasteiger partial charge in [-0.1, -0.05) is 32.0 Å². The minimum atomic E-state index is -0.915. The Morgan fingerprint density at radius 3 is 2.88 bits per heavy atom. The quantitative estimate of drug-likeness (QED) is 0.885. The summed E-state index contributed by atoms with van der Waals surface area (Å²) >= 11 is 0. The molecule has 0 aliphatic heterocycles. The minimum absolute atomic E-state index is 0.315. The Kier molecular flexibility index (Phi) is 4.79. The number of aromatic nitrogens is 2. The zero-order valence-corrected chi connectivity index (χ0v) is 15.2. The summed E-state index contributed by atoms with van der Waals surface area (Å²) < 4.78 is 1.73. The van der Waals surface area contributed by atoms with E-state index in [1.54, 1.807) is 10.9 Å². The van der Waals surface area contributed by atoms with Crippen molar-refractivity contribution in [2.45, 2.75) is 57.6 Å². The normalized spacial score (nSPS) is 20.0. The standard InChI is InChI=1S/C20H29N3O/c1-14(2)16-9-8-15-6-5-7-19(18(15)10-16)21-13-20(3,24)17-11-22-23(4)12-17/h8-12,14,19,21,24H,5-7,13H2,1-4H3. The molecule has 4 heteroatoms. The number of aliphatic hydroxyl groups is 1. The van der Waals surface area contributed by atoms with Gasteiger partial charge in [-0.2, -0.15) is 5.10 Å². The van der Waals surface area contributed by atoms with E-state index in [0.717, 1.165) is 18.4 Å². The molecule has 3 rings (SSSR count). The fraction of sp³-hybridized carbons (Fsp3) is 0.550. The van der Waals surface area contributed by atoms with Crippen LogP contribution in [-0.2, 0) is 19.1 Å². The van der Waals surface area contributed by atoms with Gasteiger partial charge in [0.1, 0.15) is 5.60 Å². The molecular weight excluding hydrogens is 298 g/mol. The van der Waals surface area contributed by atoms with E-state index in [2.05, 4.69) is 42.5 Å². The van der Waals surface area contributed by atoms with Crippen molar-refractivity contribution < 1.29 is 5.11 Å². The summed E-state index contributed by atoms with van der Waals surface area (Å²) in [6.45, 7) is 6.85. The summed E-state index contributed by atoms with van der Waals surface area (Å²) in [5.74, 6) is 0.538. The molecule has 1 aromatic heterocycles. The van der Waals surface area contributed by atoms with Crippen LogP contribution in [0.3, 0.4) is 0 Å². The second kappa shape index (κ2) is 6.69. The van der Waals surface area contributed by atoms with Crippen LogP contribution in [0.1, 0.15) is 67.8 Å². The number of nitrogens with one attached hydrogen (secondary N) is 1. The molecule has 0 bridgehead atoms. The van der Waals surface area contributed by atoms with Gasteiger partial charge in [-0.05, 0) is 48.8 Å². The van der Waals surface area contributed by atoms with E-state index in [9.17, 15) is 5.11 Å². The van der Waals surface area contributed by atoms with Gasteiger partial charge in [-0.25, -0.2) is 0 Å². The predicted molar refractivity (Wildman–Crippen MR) is 97.0 cm³/mol. The zero-order valence-electron chi connectivity index (χ0n) is 15.2. The molecule has 2 aromatic rings. The Bertz CT molecular complexity index is 703. The fourth-order valence-corrected chi connectivity index (χ4v) is 3.51. The molecule has 0 fully saturated rings. The third kappa shape index (κ3) is 3.55. The van der Waals surface area contributed by atoms with Crippen molar-refractivity contribution in [3.05, 3.63) is 52.8 Å². The van der Waals surface area contributed by atoms with Gasteiger partial charge in [-0.15, -0.1) is 0 Å². The lowest BCUT2D eigenvalue weighted by Gasteiger charge is -2.31. The smallest absolute Gasteiger partial charge is 0.102 e. The third-order valence-corrected chi connectivity index (χ3v) is 5.17. The predicted octanol–water partition coefficient (Wildman–Crippen LogP) is 3.42. The van der Waals surface area contributed by atoms with Crippen molar-refractivity contribution in [2.24, 2.45) is 7.05 Å². The summed E-state index contributed by atoms with van der Waals surface area (Å²) in [6, 6.07) is 7.22. The van der Waals surface area contributed by atoms with Crippen LogP contribution < -0.4 is 5.32 Å². The second-order valence-electron chi connectivity index (χ2n) is 7.62. The molecular formula is C20H29N3O. The molecule has 4 nitrogen and oxygen atoms in total. The maximum Gasteiger partial charge on any atom is 0.102 e. The number of hydrogen-bond donors (Lipinski definition) is 2. The molecule has 1 aliphatic rings. The average Bonchev–Trinajstić information content (AvgIpc) is 2.99. The molecule has 2 N–H and O–H groups in total. The van der Waals surface area contributed by atoms with Crippen LogP contribution in [-0.4, -0.2) is 21.4 Å². The topological polar surface area (TPSA) is 50.1 Å². The fourth-order valence-electron chi connectivity index (χ4n) is 3.51. The van der Waals surface area contributed by atoms with Crippen LogP contribution in [0.15, 0.2) is 30.6 Å². The SMILES string of the molecule is CC(C)c1ccc2c(c1)C(NCC(C)(O)c1cnn(C)c1)CCC2. The molecule has 2 atom stereocenters. The minimum Gasteiger partial charge on any atom is -0.384 e. The maximum absolute atomic E-state index is 10.8. The molecule has 0 amide bonds. The number of hydrogen-bond acceptors (Lipinski definition) is 3. The molecule has 0 saturated carbocycles. The van der Waals surface area contributed by atoms with Gasteiger partial charge in [0, 0.05) is 31.4 Å². The molecule has 2 unspecified atom stereocenters. The Morgan fingerprint density at radius 1 is 1.42 bits per heavy atom. The summed E-state index contributed by atoms with van der Waals surface area (Å²) in [4.78, 5) is 0. The summed E-state index contributed by atoms with van der Waals surface area (Å²) in [5.41, 5.74) is 4.19. The Labute approximate surface area is 144 Å². The lowest BCUT2D eigenvalue weighted by molar-refractivity contribution is 0.0530.